The fourth-order valence-electron chi connectivity index (χ4n) is 1.41. The Kier molecular flexibility index (Phi) is 3.50. The molecule has 0 aliphatic heterocycles. The SMILES string of the molecule is COc1cc(C)c(NC(=O)C(N)=O)c(C)c1. The van der Waals surface area contributed by atoms with Crippen molar-refractivity contribution in [2.24, 2.45) is 5.73 Å². The first kappa shape index (κ1) is 12.0. The van der Waals surface area contributed by atoms with Crippen molar-refractivity contribution in [3.63, 3.8) is 0 Å². The molecule has 16 heavy (non-hydrogen) atoms. The van der Waals surface area contributed by atoms with Gasteiger partial charge in [0.1, 0.15) is 5.75 Å². The van der Waals surface area contributed by atoms with Crippen molar-refractivity contribution in [2.75, 3.05) is 12.4 Å². The maximum Gasteiger partial charge on any atom is 0.313 e. The quantitative estimate of drug-likeness (QED) is 0.724. The molecule has 86 valence electrons. The first-order valence-corrected chi connectivity index (χ1v) is 4.71. The lowest BCUT2D eigenvalue weighted by atomic mass is 10.1. The van der Waals surface area contributed by atoms with Crippen LogP contribution in [0.1, 0.15) is 11.1 Å². The third-order valence-corrected chi connectivity index (χ3v) is 2.20. The Labute approximate surface area is 93.6 Å². The molecule has 3 N–H and O–H groups in total. The van der Waals surface area contributed by atoms with Crippen LogP contribution in [0.15, 0.2) is 12.1 Å². The van der Waals surface area contributed by atoms with E-state index in [0.29, 0.717) is 11.4 Å². The summed E-state index contributed by atoms with van der Waals surface area (Å²) in [6.45, 7) is 3.62. The van der Waals surface area contributed by atoms with Crippen LogP contribution in [0.2, 0.25) is 0 Å². The second-order valence-corrected chi connectivity index (χ2v) is 3.45. The van der Waals surface area contributed by atoms with Crippen molar-refractivity contribution >= 4 is 17.5 Å². The summed E-state index contributed by atoms with van der Waals surface area (Å²) in [7, 11) is 1.57. The Morgan fingerprint density at radius 2 is 1.75 bits per heavy atom. The molecule has 0 heterocycles. The predicted octanol–water partition coefficient (Wildman–Crippen LogP) is 0.736. The maximum atomic E-state index is 11.2. The highest BCUT2D eigenvalue weighted by atomic mass is 16.5. The fraction of sp³-hybridized carbons (Fsp3) is 0.273. The molecular formula is C11H14N2O3. The van der Waals surface area contributed by atoms with E-state index < -0.39 is 11.8 Å². The van der Waals surface area contributed by atoms with Gasteiger partial charge in [0.15, 0.2) is 0 Å². The van der Waals surface area contributed by atoms with E-state index in [1.54, 1.807) is 19.2 Å². The van der Waals surface area contributed by atoms with Crippen molar-refractivity contribution in [2.45, 2.75) is 13.8 Å². The van der Waals surface area contributed by atoms with Gasteiger partial charge in [-0.15, -0.1) is 0 Å². The highest BCUT2D eigenvalue weighted by molar-refractivity contribution is 6.39. The number of aryl methyl sites for hydroxylation is 2. The van der Waals surface area contributed by atoms with Crippen LogP contribution in [0.5, 0.6) is 5.75 Å². The van der Waals surface area contributed by atoms with E-state index in [0.717, 1.165) is 11.1 Å². The summed E-state index contributed by atoms with van der Waals surface area (Å²) < 4.78 is 5.08. The number of hydrogen-bond acceptors (Lipinski definition) is 3. The summed E-state index contributed by atoms with van der Waals surface area (Å²) in [6.07, 6.45) is 0. The smallest absolute Gasteiger partial charge is 0.313 e. The molecule has 0 radical (unpaired) electrons. The Hall–Kier alpha value is -2.04. The summed E-state index contributed by atoms with van der Waals surface area (Å²) >= 11 is 0. The number of carbonyl (C=O) groups excluding carboxylic acids is 2. The lowest BCUT2D eigenvalue weighted by molar-refractivity contribution is -0.134. The highest BCUT2D eigenvalue weighted by Gasteiger charge is 2.12. The lowest BCUT2D eigenvalue weighted by Gasteiger charge is -2.12. The summed E-state index contributed by atoms with van der Waals surface area (Å²) in [5.41, 5.74) is 7.08. The Morgan fingerprint density at radius 3 is 2.12 bits per heavy atom. The fourth-order valence-corrected chi connectivity index (χ4v) is 1.41. The van der Waals surface area contributed by atoms with E-state index in [9.17, 15) is 9.59 Å². The molecule has 0 saturated heterocycles. The maximum absolute atomic E-state index is 11.2. The molecule has 0 saturated carbocycles. The molecule has 0 unspecified atom stereocenters. The summed E-state index contributed by atoms with van der Waals surface area (Å²) in [5, 5.41) is 2.46. The van der Waals surface area contributed by atoms with Crippen molar-refractivity contribution in [3.05, 3.63) is 23.3 Å². The van der Waals surface area contributed by atoms with Crippen LogP contribution in [-0.2, 0) is 9.59 Å². The van der Waals surface area contributed by atoms with Gasteiger partial charge in [-0.2, -0.15) is 0 Å². The number of ether oxygens (including phenoxy) is 1. The van der Waals surface area contributed by atoms with E-state index in [-0.39, 0.29) is 0 Å². The van der Waals surface area contributed by atoms with Gasteiger partial charge in [-0.05, 0) is 37.1 Å². The number of benzene rings is 1. The van der Waals surface area contributed by atoms with E-state index in [1.807, 2.05) is 13.8 Å². The number of methoxy groups -OCH3 is 1. The third-order valence-electron chi connectivity index (χ3n) is 2.20. The molecule has 0 spiro atoms. The molecule has 0 aliphatic carbocycles. The van der Waals surface area contributed by atoms with Crippen molar-refractivity contribution in [3.8, 4) is 5.75 Å². The van der Waals surface area contributed by atoms with E-state index in [4.69, 9.17) is 10.5 Å². The molecule has 0 fully saturated rings. The van der Waals surface area contributed by atoms with Crippen LogP contribution < -0.4 is 15.8 Å². The average Bonchev–Trinajstić information content (AvgIpc) is 2.22. The summed E-state index contributed by atoms with van der Waals surface area (Å²) in [6, 6.07) is 3.53. The van der Waals surface area contributed by atoms with Gasteiger partial charge in [0.25, 0.3) is 0 Å². The van der Waals surface area contributed by atoms with E-state index in [2.05, 4.69) is 5.32 Å². The molecule has 1 rings (SSSR count). The van der Waals surface area contributed by atoms with Crippen molar-refractivity contribution in [1.29, 1.82) is 0 Å². The van der Waals surface area contributed by atoms with Gasteiger partial charge in [-0.3, -0.25) is 9.59 Å². The number of anilines is 1. The summed E-state index contributed by atoms with van der Waals surface area (Å²) in [5.74, 6) is -1.13. The largest absolute Gasteiger partial charge is 0.497 e. The summed E-state index contributed by atoms with van der Waals surface area (Å²) in [4.78, 5) is 21.8. The predicted molar refractivity (Wildman–Crippen MR) is 60.3 cm³/mol. The lowest BCUT2D eigenvalue weighted by Crippen LogP contribution is -2.30. The molecule has 0 atom stereocenters. The van der Waals surface area contributed by atoms with Crippen LogP contribution in [0.25, 0.3) is 0 Å². The molecule has 2 amide bonds. The van der Waals surface area contributed by atoms with Gasteiger partial charge in [-0.25, -0.2) is 0 Å². The van der Waals surface area contributed by atoms with Crippen molar-refractivity contribution in [1.82, 2.24) is 0 Å². The van der Waals surface area contributed by atoms with Gasteiger partial charge >= 0.3 is 11.8 Å². The van der Waals surface area contributed by atoms with Gasteiger partial charge in [0.2, 0.25) is 0 Å². The Balaban J connectivity index is 3.06. The molecule has 0 aromatic heterocycles. The van der Waals surface area contributed by atoms with E-state index in [1.165, 1.54) is 0 Å². The van der Waals surface area contributed by atoms with Gasteiger partial charge in [0, 0.05) is 5.69 Å². The van der Waals surface area contributed by atoms with E-state index >= 15 is 0 Å². The van der Waals surface area contributed by atoms with Gasteiger partial charge in [-0.1, -0.05) is 0 Å². The first-order chi connectivity index (χ1) is 7.45. The van der Waals surface area contributed by atoms with Gasteiger partial charge < -0.3 is 15.8 Å². The molecule has 1 aromatic rings. The minimum absolute atomic E-state index is 0.588. The zero-order valence-electron chi connectivity index (χ0n) is 9.46. The molecule has 0 aliphatic rings. The number of carbonyl (C=O) groups is 2. The van der Waals surface area contributed by atoms with Crippen LogP contribution in [0, 0.1) is 13.8 Å². The topological polar surface area (TPSA) is 81.4 Å². The molecular weight excluding hydrogens is 208 g/mol. The minimum Gasteiger partial charge on any atom is -0.497 e. The number of nitrogens with one attached hydrogen (secondary N) is 1. The highest BCUT2D eigenvalue weighted by Crippen LogP contribution is 2.25. The first-order valence-electron chi connectivity index (χ1n) is 4.71. The molecule has 5 nitrogen and oxygen atoms in total. The normalized spacial score (nSPS) is 9.69. The van der Waals surface area contributed by atoms with Crippen LogP contribution in [0.3, 0.4) is 0 Å². The second kappa shape index (κ2) is 4.65. The molecule has 5 heteroatoms. The van der Waals surface area contributed by atoms with Crippen LogP contribution >= 0.6 is 0 Å². The van der Waals surface area contributed by atoms with Gasteiger partial charge in [0.05, 0.1) is 7.11 Å². The second-order valence-electron chi connectivity index (χ2n) is 3.45. The number of nitrogens with two attached hydrogens (primary N) is 1. The Bertz CT molecular complexity index is 418. The average molecular weight is 222 g/mol. The van der Waals surface area contributed by atoms with Crippen LogP contribution in [0.4, 0.5) is 5.69 Å². The number of hydrogen-bond donors (Lipinski definition) is 2. The number of rotatable bonds is 2. The molecule has 1 aromatic carbocycles. The zero-order chi connectivity index (χ0) is 12.3. The molecule has 0 bridgehead atoms. The third kappa shape index (κ3) is 2.50. The van der Waals surface area contributed by atoms with Crippen LogP contribution in [-0.4, -0.2) is 18.9 Å². The minimum atomic E-state index is -1.00. The zero-order valence-corrected chi connectivity index (χ0v) is 9.46. The number of primary amides is 1. The monoisotopic (exact) mass is 222 g/mol. The van der Waals surface area contributed by atoms with Crippen molar-refractivity contribution < 1.29 is 14.3 Å². The standard InChI is InChI=1S/C11H14N2O3/c1-6-4-8(16-3)5-7(2)9(6)13-11(15)10(12)14/h4-5H,1-3H3,(H2,12,14)(H,13,15). The number of amides is 2. The Morgan fingerprint density at radius 1 is 1.25 bits per heavy atom.